The van der Waals surface area contributed by atoms with Crippen molar-refractivity contribution in [2.24, 2.45) is 5.14 Å². The van der Waals surface area contributed by atoms with Gasteiger partial charge in [0, 0.05) is 75.7 Å². The standard InChI is InChI=1S/C26H27N7O2S2.C22H19N7O2S2.C2HF3O2/c1-17-29-20(16-36-17)14-28-25-23-22(18-8-6-5-7-9-18)10-11-33(23)31-24(30-25)19-12-21(15-27-13-19)37(34,35)32-26(2,3)4;1-14-26-17(13-32-14)11-25-22-20-19(15-5-3-2-4-6-15)7-8-29(20)28-21(27-22)16-9-18(12-24-10-16)33(23,30)31;3-2(4,5)1(6)7/h5-13,15-16,32H,14H2,1-4H3,(H,28,30,31);2-10,12-13H,11H2,1H3,(H2,23,30,31)(H,25,27,28);(H,6,7). The normalized spacial score (nSPS) is 11.9. The number of nitrogens with one attached hydrogen (secondary N) is 3. The number of primary sulfonamides is 1. The number of pyridine rings is 2. The maximum absolute atomic E-state index is 12.9. The van der Waals surface area contributed by atoms with Crippen LogP contribution in [-0.4, -0.2) is 88.8 Å². The summed E-state index contributed by atoms with van der Waals surface area (Å²) in [5.41, 5.74) is 7.74. The van der Waals surface area contributed by atoms with Crippen LogP contribution < -0.4 is 20.5 Å². The molecule has 20 nitrogen and oxygen atoms in total. The van der Waals surface area contributed by atoms with Gasteiger partial charge < -0.3 is 15.7 Å². The van der Waals surface area contributed by atoms with E-state index in [0.717, 1.165) is 54.7 Å². The molecule has 10 aromatic rings. The quantitative estimate of drug-likeness (QED) is 0.0720. The predicted octanol–water partition coefficient (Wildman–Crippen LogP) is 9.03. The van der Waals surface area contributed by atoms with Crippen LogP contribution in [0, 0.1) is 13.8 Å². The molecule has 0 saturated heterocycles. The first-order valence-electron chi connectivity index (χ1n) is 22.9. The fourth-order valence-electron chi connectivity index (χ4n) is 7.42. The van der Waals surface area contributed by atoms with Crippen LogP contribution in [0.2, 0.25) is 0 Å². The van der Waals surface area contributed by atoms with Crippen LogP contribution in [0.3, 0.4) is 0 Å². The third-order valence-electron chi connectivity index (χ3n) is 10.7. The fourth-order valence-corrected chi connectivity index (χ4v) is 10.5. The lowest BCUT2D eigenvalue weighted by Gasteiger charge is -2.20. The Bertz CT molecular complexity index is 3960. The zero-order valence-corrected chi connectivity index (χ0v) is 44.7. The van der Waals surface area contributed by atoms with E-state index in [-0.39, 0.29) is 9.79 Å². The highest BCUT2D eigenvalue weighted by atomic mass is 32.2. The summed E-state index contributed by atoms with van der Waals surface area (Å²) < 4.78 is 87.3. The van der Waals surface area contributed by atoms with E-state index in [1.807, 2.05) is 110 Å². The van der Waals surface area contributed by atoms with Crippen molar-refractivity contribution >= 4 is 71.4 Å². The van der Waals surface area contributed by atoms with Crippen LogP contribution in [0.25, 0.3) is 56.1 Å². The number of carbonyl (C=O) groups is 1. The Balaban J connectivity index is 0.000000182. The summed E-state index contributed by atoms with van der Waals surface area (Å²) in [7, 11) is -7.68. The van der Waals surface area contributed by atoms with Gasteiger partial charge in [-0.15, -0.1) is 32.9 Å². The van der Waals surface area contributed by atoms with E-state index < -0.39 is 37.7 Å². The van der Waals surface area contributed by atoms with Crippen LogP contribution in [0.5, 0.6) is 0 Å². The minimum atomic E-state index is -5.08. The van der Waals surface area contributed by atoms with E-state index in [4.69, 9.17) is 30.1 Å². The number of carboxylic acid groups (broad SMARTS) is 1. The van der Waals surface area contributed by atoms with Gasteiger partial charge in [0.1, 0.15) is 20.8 Å². The van der Waals surface area contributed by atoms with Crippen molar-refractivity contribution in [2.45, 2.75) is 69.2 Å². The zero-order valence-electron chi connectivity index (χ0n) is 41.4. The van der Waals surface area contributed by atoms with Gasteiger partial charge in [-0.25, -0.2) is 60.5 Å². The first kappa shape index (κ1) is 55.2. The first-order chi connectivity index (χ1) is 36.4. The lowest BCUT2D eigenvalue weighted by molar-refractivity contribution is -0.192. The second kappa shape index (κ2) is 22.6. The molecule has 0 aliphatic rings. The highest BCUT2D eigenvalue weighted by Gasteiger charge is 2.38. The van der Waals surface area contributed by atoms with E-state index in [2.05, 4.69) is 40.4 Å². The summed E-state index contributed by atoms with van der Waals surface area (Å²) in [6.45, 7) is 10.3. The maximum Gasteiger partial charge on any atom is 0.490 e. The number of alkyl halides is 3. The Hall–Kier alpha value is -8.08. The molecule has 27 heteroatoms. The number of hydrogen-bond donors (Lipinski definition) is 5. The number of nitrogens with zero attached hydrogens (tertiary/aromatic N) is 10. The largest absolute Gasteiger partial charge is 0.490 e. The van der Waals surface area contributed by atoms with Gasteiger partial charge in [-0.2, -0.15) is 13.2 Å². The van der Waals surface area contributed by atoms with Crippen LogP contribution in [0.4, 0.5) is 24.8 Å². The van der Waals surface area contributed by atoms with E-state index in [9.17, 15) is 30.0 Å². The second-order valence-corrected chi connectivity index (χ2v) is 23.2. The monoisotopic (exact) mass is 1120 g/mol. The highest BCUT2D eigenvalue weighted by Crippen LogP contribution is 2.34. The van der Waals surface area contributed by atoms with Gasteiger partial charge in [0.2, 0.25) is 20.0 Å². The molecule has 0 aliphatic carbocycles. The van der Waals surface area contributed by atoms with E-state index >= 15 is 0 Å². The molecule has 2 aromatic carbocycles. The predicted molar refractivity (Wildman–Crippen MR) is 287 cm³/mol. The molecule has 0 bridgehead atoms. The third kappa shape index (κ3) is 13.9. The van der Waals surface area contributed by atoms with Crippen molar-refractivity contribution in [3.05, 3.63) is 154 Å². The number of benzene rings is 2. The van der Waals surface area contributed by atoms with E-state index in [0.29, 0.717) is 47.5 Å². The number of aliphatic carboxylic acids is 1. The van der Waals surface area contributed by atoms with Crippen LogP contribution in [0.1, 0.15) is 42.2 Å². The molecule has 0 spiro atoms. The maximum atomic E-state index is 12.9. The molecule has 77 heavy (non-hydrogen) atoms. The van der Waals surface area contributed by atoms with Crippen molar-refractivity contribution in [3.8, 4) is 45.0 Å². The number of aromatic nitrogens is 10. The number of rotatable bonds is 13. The molecule has 0 radical (unpaired) electrons. The van der Waals surface area contributed by atoms with Gasteiger partial charge in [-0.1, -0.05) is 60.7 Å². The minimum absolute atomic E-state index is 0.0496. The first-order valence-corrected chi connectivity index (χ1v) is 27.7. The number of fused-ring (bicyclic) bond motifs is 2. The fraction of sp³-hybridized carbons (Fsp3) is 0.180. The SMILES string of the molecule is Cc1nc(CNc2nc(-c3cncc(S(=O)(=O)NC(C)(C)C)c3)nn3ccc(-c4ccccc4)c23)cs1.Cc1nc(CNc2nc(-c3cncc(S(N)(=O)=O)c3)nn3ccc(-c4ccccc4)c23)cs1.O=C(O)C(F)(F)F. The van der Waals surface area contributed by atoms with E-state index in [1.165, 1.54) is 30.7 Å². The number of anilines is 2. The van der Waals surface area contributed by atoms with Gasteiger partial charge in [-0.05, 0) is 70.0 Å². The Morgan fingerprint density at radius 1 is 0.636 bits per heavy atom. The Labute approximate surface area is 447 Å². The summed E-state index contributed by atoms with van der Waals surface area (Å²) >= 11 is 3.18. The van der Waals surface area contributed by atoms with Crippen LogP contribution >= 0.6 is 22.7 Å². The smallest absolute Gasteiger partial charge is 0.475 e. The molecule has 0 amide bonds. The topological polar surface area (TPSA) is 280 Å². The molecular weight excluding hydrogens is 1080 g/mol. The molecule has 0 fully saturated rings. The van der Waals surface area contributed by atoms with Crippen LogP contribution in [0.15, 0.2) is 143 Å². The zero-order chi connectivity index (χ0) is 55.3. The highest BCUT2D eigenvalue weighted by molar-refractivity contribution is 7.89. The molecule has 10 rings (SSSR count). The van der Waals surface area contributed by atoms with Crippen molar-refractivity contribution in [2.75, 3.05) is 10.6 Å². The average molecular weight is 1130 g/mol. The Kier molecular flexibility index (Phi) is 16.2. The molecule has 0 atom stereocenters. The molecular formula is C50H47F3N14O6S4. The number of aryl methyl sites for hydroxylation is 2. The van der Waals surface area contributed by atoms with Crippen LogP contribution in [-0.2, 0) is 37.9 Å². The lowest BCUT2D eigenvalue weighted by atomic mass is 10.1. The number of nitrogens with two attached hydrogens (primary N) is 1. The second-order valence-electron chi connectivity index (χ2n) is 17.8. The Morgan fingerprint density at radius 2 is 1.05 bits per heavy atom. The average Bonchev–Trinajstić information content (AvgIpc) is 4.32. The summed E-state index contributed by atoms with van der Waals surface area (Å²) in [5.74, 6) is -0.892. The Morgan fingerprint density at radius 3 is 1.43 bits per heavy atom. The van der Waals surface area contributed by atoms with E-state index in [1.54, 1.807) is 58.7 Å². The van der Waals surface area contributed by atoms with Crippen molar-refractivity contribution in [3.63, 3.8) is 0 Å². The minimum Gasteiger partial charge on any atom is -0.475 e. The van der Waals surface area contributed by atoms with Gasteiger partial charge in [-0.3, -0.25) is 9.97 Å². The summed E-state index contributed by atoms with van der Waals surface area (Å²) in [5, 5.41) is 34.5. The van der Waals surface area contributed by atoms with Crippen molar-refractivity contribution in [1.29, 1.82) is 0 Å². The van der Waals surface area contributed by atoms with Gasteiger partial charge in [0.15, 0.2) is 23.3 Å². The molecule has 398 valence electrons. The number of thiazole rings is 2. The van der Waals surface area contributed by atoms with Gasteiger partial charge in [0.05, 0.1) is 34.5 Å². The van der Waals surface area contributed by atoms with Crippen molar-refractivity contribution < 1.29 is 39.9 Å². The molecule has 6 N–H and O–H groups in total. The number of carboxylic acids is 1. The van der Waals surface area contributed by atoms with Gasteiger partial charge >= 0.3 is 12.1 Å². The molecule has 8 aromatic heterocycles. The molecule has 8 heterocycles. The lowest BCUT2D eigenvalue weighted by Crippen LogP contribution is -2.40. The third-order valence-corrected chi connectivity index (χ3v) is 14.9. The summed E-state index contributed by atoms with van der Waals surface area (Å²) in [6, 6.07) is 26.9. The van der Waals surface area contributed by atoms with Crippen molar-refractivity contribution in [1.82, 2.24) is 53.9 Å². The number of sulfonamides is 2. The number of halogens is 3. The molecule has 0 saturated carbocycles. The number of hydrogen-bond acceptors (Lipinski definition) is 17. The molecule has 0 unspecified atom stereocenters. The summed E-state index contributed by atoms with van der Waals surface area (Å²) in [4.78, 5) is 35.6. The summed E-state index contributed by atoms with van der Waals surface area (Å²) in [6.07, 6.45) is 4.22. The molecule has 0 aliphatic heterocycles. The van der Waals surface area contributed by atoms with Gasteiger partial charge in [0.25, 0.3) is 0 Å².